The van der Waals surface area contributed by atoms with Gasteiger partial charge < -0.3 is 19.3 Å². The molecule has 2 heterocycles. The zero-order chi connectivity index (χ0) is 15.6. The Hall–Kier alpha value is -1.59. The molecule has 2 fully saturated rings. The monoisotopic (exact) mass is 304 g/mol. The van der Waals surface area contributed by atoms with Crippen LogP contribution in [0.1, 0.15) is 23.2 Å². The van der Waals surface area contributed by atoms with Gasteiger partial charge in [-0.2, -0.15) is 0 Å². The second-order valence-corrected chi connectivity index (χ2v) is 6.33. The van der Waals surface area contributed by atoms with Crippen molar-refractivity contribution < 1.29 is 14.3 Å². The molecule has 120 valence electrons. The van der Waals surface area contributed by atoms with Crippen molar-refractivity contribution in [2.45, 2.75) is 18.4 Å². The maximum atomic E-state index is 12.7. The van der Waals surface area contributed by atoms with Gasteiger partial charge in [-0.3, -0.25) is 4.79 Å². The first-order valence-electron chi connectivity index (χ1n) is 7.88. The molecule has 1 spiro atoms. The van der Waals surface area contributed by atoms with Crippen LogP contribution in [0.5, 0.6) is 5.75 Å². The van der Waals surface area contributed by atoms with E-state index in [1.807, 2.05) is 29.2 Å². The summed E-state index contributed by atoms with van der Waals surface area (Å²) >= 11 is 0. The molecular weight excluding hydrogens is 280 g/mol. The second-order valence-electron chi connectivity index (χ2n) is 6.33. The summed E-state index contributed by atoms with van der Waals surface area (Å²) in [5, 5.41) is 0. The molecule has 2 saturated heterocycles. The summed E-state index contributed by atoms with van der Waals surface area (Å²) in [6, 6.07) is 7.32. The average molecular weight is 304 g/mol. The van der Waals surface area contributed by atoms with Crippen molar-refractivity contribution in [1.29, 1.82) is 0 Å². The van der Waals surface area contributed by atoms with E-state index in [0.717, 1.165) is 31.7 Å². The third kappa shape index (κ3) is 3.10. The Kier molecular flexibility index (Phi) is 4.36. The normalized spacial score (nSPS) is 26.2. The van der Waals surface area contributed by atoms with Gasteiger partial charge in [0.2, 0.25) is 0 Å². The number of nitrogens with zero attached hydrogens (tertiary/aromatic N) is 2. The average Bonchev–Trinajstić information content (AvgIpc) is 2.54. The smallest absolute Gasteiger partial charge is 0.254 e. The lowest BCUT2D eigenvalue weighted by Gasteiger charge is -2.47. The molecule has 0 aliphatic carbocycles. The SMILES string of the molecule is COc1ccc(C(=O)N2CCO[C@]3(CCCN(C)C3)C2)cc1. The summed E-state index contributed by atoms with van der Waals surface area (Å²) in [5.41, 5.74) is 0.523. The van der Waals surface area contributed by atoms with Crippen molar-refractivity contribution in [3.8, 4) is 5.75 Å². The van der Waals surface area contributed by atoms with E-state index in [0.29, 0.717) is 25.3 Å². The van der Waals surface area contributed by atoms with Gasteiger partial charge in [-0.05, 0) is 50.7 Å². The molecule has 0 saturated carbocycles. The summed E-state index contributed by atoms with van der Waals surface area (Å²) in [6.07, 6.45) is 2.16. The van der Waals surface area contributed by atoms with E-state index >= 15 is 0 Å². The van der Waals surface area contributed by atoms with Crippen molar-refractivity contribution in [3.05, 3.63) is 29.8 Å². The number of ether oxygens (including phenoxy) is 2. The minimum atomic E-state index is -0.187. The van der Waals surface area contributed by atoms with Crippen LogP contribution in [-0.2, 0) is 4.74 Å². The third-order valence-electron chi connectivity index (χ3n) is 4.60. The highest BCUT2D eigenvalue weighted by Crippen LogP contribution is 2.29. The maximum Gasteiger partial charge on any atom is 0.254 e. The summed E-state index contributed by atoms with van der Waals surface area (Å²) in [5.74, 6) is 0.849. The molecule has 1 atom stereocenters. The lowest BCUT2D eigenvalue weighted by Crippen LogP contribution is -2.60. The molecule has 2 aliphatic rings. The van der Waals surface area contributed by atoms with Gasteiger partial charge in [0.1, 0.15) is 5.75 Å². The maximum absolute atomic E-state index is 12.7. The number of morpholine rings is 1. The number of methoxy groups -OCH3 is 1. The summed E-state index contributed by atoms with van der Waals surface area (Å²) < 4.78 is 11.2. The first kappa shape index (κ1) is 15.3. The van der Waals surface area contributed by atoms with Gasteiger partial charge in [-0.1, -0.05) is 0 Å². The molecule has 0 aromatic heterocycles. The lowest BCUT2D eigenvalue weighted by atomic mass is 9.91. The first-order valence-corrected chi connectivity index (χ1v) is 7.88. The minimum Gasteiger partial charge on any atom is -0.497 e. The number of likely N-dealkylation sites (tertiary alicyclic amines) is 1. The number of hydrogen-bond acceptors (Lipinski definition) is 4. The fourth-order valence-electron chi connectivity index (χ4n) is 3.50. The van der Waals surface area contributed by atoms with Gasteiger partial charge in [0.25, 0.3) is 5.91 Å². The Labute approximate surface area is 131 Å². The van der Waals surface area contributed by atoms with E-state index in [4.69, 9.17) is 9.47 Å². The number of amides is 1. The molecule has 0 unspecified atom stereocenters. The van der Waals surface area contributed by atoms with Gasteiger partial charge in [0, 0.05) is 18.7 Å². The van der Waals surface area contributed by atoms with Crippen molar-refractivity contribution in [3.63, 3.8) is 0 Å². The van der Waals surface area contributed by atoms with E-state index in [9.17, 15) is 4.79 Å². The van der Waals surface area contributed by atoms with E-state index in [1.165, 1.54) is 0 Å². The molecule has 1 amide bonds. The van der Waals surface area contributed by atoms with Gasteiger partial charge in [-0.15, -0.1) is 0 Å². The molecule has 1 aromatic carbocycles. The minimum absolute atomic E-state index is 0.0820. The lowest BCUT2D eigenvalue weighted by molar-refractivity contribution is -0.128. The van der Waals surface area contributed by atoms with Crippen LogP contribution < -0.4 is 4.74 Å². The van der Waals surface area contributed by atoms with Gasteiger partial charge in [0.05, 0.1) is 25.9 Å². The summed E-state index contributed by atoms with van der Waals surface area (Å²) in [7, 11) is 3.75. The molecule has 0 N–H and O–H groups in total. The van der Waals surface area contributed by atoms with Crippen molar-refractivity contribution in [1.82, 2.24) is 9.80 Å². The molecular formula is C17H24N2O3. The summed E-state index contributed by atoms with van der Waals surface area (Å²) in [6.45, 7) is 3.98. The zero-order valence-corrected chi connectivity index (χ0v) is 13.4. The Bertz CT molecular complexity index is 527. The molecule has 0 bridgehead atoms. The predicted molar refractivity (Wildman–Crippen MR) is 84.3 cm³/mol. The van der Waals surface area contributed by atoms with Gasteiger partial charge >= 0.3 is 0 Å². The number of piperidine rings is 1. The summed E-state index contributed by atoms with van der Waals surface area (Å²) in [4.78, 5) is 17.0. The van der Waals surface area contributed by atoms with Gasteiger partial charge in [-0.25, -0.2) is 0 Å². The fourth-order valence-corrected chi connectivity index (χ4v) is 3.50. The number of carbonyl (C=O) groups excluding carboxylic acids is 1. The van der Waals surface area contributed by atoms with Crippen LogP contribution in [0.4, 0.5) is 0 Å². The topological polar surface area (TPSA) is 42.0 Å². The Balaban J connectivity index is 1.72. The Morgan fingerprint density at radius 2 is 2.00 bits per heavy atom. The van der Waals surface area contributed by atoms with Crippen LogP contribution in [0, 0.1) is 0 Å². The van der Waals surface area contributed by atoms with Crippen LogP contribution in [0.25, 0.3) is 0 Å². The van der Waals surface area contributed by atoms with Crippen LogP contribution >= 0.6 is 0 Å². The second kappa shape index (κ2) is 6.26. The predicted octanol–water partition coefficient (Wildman–Crippen LogP) is 1.63. The fraction of sp³-hybridized carbons (Fsp3) is 0.588. The van der Waals surface area contributed by atoms with E-state index < -0.39 is 0 Å². The van der Waals surface area contributed by atoms with E-state index in [2.05, 4.69) is 11.9 Å². The number of rotatable bonds is 2. The highest BCUT2D eigenvalue weighted by Gasteiger charge is 2.41. The van der Waals surface area contributed by atoms with Crippen LogP contribution in [0.3, 0.4) is 0 Å². The molecule has 5 heteroatoms. The molecule has 5 nitrogen and oxygen atoms in total. The standard InChI is InChI=1S/C17H24N2O3/c1-18-9-3-8-17(12-18)13-19(10-11-22-17)16(20)14-4-6-15(21-2)7-5-14/h4-7H,3,8-13H2,1-2H3/t17-/m0/s1. The third-order valence-corrected chi connectivity index (χ3v) is 4.60. The molecule has 22 heavy (non-hydrogen) atoms. The first-order chi connectivity index (χ1) is 10.6. The van der Waals surface area contributed by atoms with E-state index in [1.54, 1.807) is 7.11 Å². The quantitative estimate of drug-likeness (QED) is 0.833. The molecule has 0 radical (unpaired) electrons. The highest BCUT2D eigenvalue weighted by atomic mass is 16.5. The number of benzene rings is 1. The van der Waals surface area contributed by atoms with Crippen LogP contribution in [-0.4, -0.2) is 68.3 Å². The number of carbonyl (C=O) groups is 1. The van der Waals surface area contributed by atoms with E-state index in [-0.39, 0.29) is 11.5 Å². The van der Waals surface area contributed by atoms with Crippen LogP contribution in [0.15, 0.2) is 24.3 Å². The van der Waals surface area contributed by atoms with Gasteiger partial charge in [0.15, 0.2) is 0 Å². The van der Waals surface area contributed by atoms with Crippen LogP contribution in [0.2, 0.25) is 0 Å². The zero-order valence-electron chi connectivity index (χ0n) is 13.4. The van der Waals surface area contributed by atoms with Crippen molar-refractivity contribution >= 4 is 5.91 Å². The van der Waals surface area contributed by atoms with Crippen molar-refractivity contribution in [2.24, 2.45) is 0 Å². The van der Waals surface area contributed by atoms with Crippen molar-refractivity contribution in [2.75, 3.05) is 46.9 Å². The Morgan fingerprint density at radius 1 is 1.23 bits per heavy atom. The largest absolute Gasteiger partial charge is 0.497 e. The number of likely N-dealkylation sites (N-methyl/N-ethyl adjacent to an activating group) is 1. The molecule has 2 aliphatic heterocycles. The Morgan fingerprint density at radius 3 is 2.68 bits per heavy atom. The molecule has 1 aromatic rings. The highest BCUT2D eigenvalue weighted by molar-refractivity contribution is 5.94. The molecule has 3 rings (SSSR count). The number of hydrogen-bond donors (Lipinski definition) is 0.